The summed E-state index contributed by atoms with van der Waals surface area (Å²) in [7, 11) is 0. The van der Waals surface area contributed by atoms with Crippen molar-refractivity contribution in [3.05, 3.63) is 81.0 Å². The second-order valence-electron chi connectivity index (χ2n) is 7.72. The average molecular weight is 373 g/mol. The van der Waals surface area contributed by atoms with Crippen LogP contribution in [0.15, 0.2) is 64.2 Å². The van der Waals surface area contributed by atoms with Crippen LogP contribution in [0.1, 0.15) is 25.5 Å². The van der Waals surface area contributed by atoms with Gasteiger partial charge in [0, 0.05) is 0 Å². The van der Waals surface area contributed by atoms with Gasteiger partial charge in [0.25, 0.3) is 5.56 Å². The molecule has 1 aliphatic rings. The molecule has 2 aromatic carbocycles. The molecule has 0 N–H and O–H groups in total. The van der Waals surface area contributed by atoms with Crippen LogP contribution in [0.5, 0.6) is 0 Å². The molecule has 28 heavy (non-hydrogen) atoms. The van der Waals surface area contributed by atoms with E-state index in [1.807, 2.05) is 54.6 Å². The van der Waals surface area contributed by atoms with Crippen LogP contribution in [0.3, 0.4) is 0 Å². The number of aromatic nitrogens is 4. The molecule has 5 rings (SSSR count). The number of rotatable bonds is 3. The summed E-state index contributed by atoms with van der Waals surface area (Å²) in [5, 5.41) is 0. The van der Waals surface area contributed by atoms with Gasteiger partial charge in [-0.05, 0) is 23.6 Å². The van der Waals surface area contributed by atoms with Crippen molar-refractivity contribution in [2.24, 2.45) is 5.92 Å². The Morgan fingerprint density at radius 1 is 1.07 bits per heavy atom. The van der Waals surface area contributed by atoms with Crippen LogP contribution in [-0.4, -0.2) is 14.1 Å². The summed E-state index contributed by atoms with van der Waals surface area (Å²) in [6.45, 7) is 5.09. The lowest BCUT2D eigenvalue weighted by molar-refractivity contribution is -0.673. The SMILES string of the molecule is CC(C)[C@H]1Cn2c(=O)n(Cc3ccccc3)c(=O)c3nc4ccccc4[n+]1c32. The molecule has 0 amide bonds. The summed E-state index contributed by atoms with van der Waals surface area (Å²) >= 11 is 0. The van der Waals surface area contributed by atoms with Crippen LogP contribution in [0, 0.1) is 5.92 Å². The minimum absolute atomic E-state index is 0.107. The standard InChI is InChI=1S/C22H21N4O2/c1-14(2)18-13-24-20-19(23-16-10-6-7-11-17(16)26(18)20)21(27)25(22(24)28)12-15-8-4-3-5-9-15/h3-11,14,18H,12-13H2,1-2H3/q+1/t18-/m1/s1. The summed E-state index contributed by atoms with van der Waals surface area (Å²) in [6, 6.07) is 17.5. The summed E-state index contributed by atoms with van der Waals surface area (Å²) < 4.78 is 5.17. The zero-order chi connectivity index (χ0) is 19.4. The number of hydrogen-bond acceptors (Lipinski definition) is 3. The quantitative estimate of drug-likeness (QED) is 0.409. The molecule has 1 aliphatic heterocycles. The summed E-state index contributed by atoms with van der Waals surface area (Å²) in [4.78, 5) is 31.2. The normalized spacial score (nSPS) is 15.8. The van der Waals surface area contributed by atoms with Crippen LogP contribution >= 0.6 is 0 Å². The lowest BCUT2D eigenvalue weighted by Gasteiger charge is -2.13. The molecule has 140 valence electrons. The van der Waals surface area contributed by atoms with Gasteiger partial charge in [-0.1, -0.05) is 56.3 Å². The largest absolute Gasteiger partial charge is 0.419 e. The van der Waals surface area contributed by atoms with Crippen molar-refractivity contribution in [1.82, 2.24) is 14.1 Å². The van der Waals surface area contributed by atoms with Gasteiger partial charge in [-0.15, -0.1) is 0 Å². The van der Waals surface area contributed by atoms with Crippen molar-refractivity contribution in [3.8, 4) is 0 Å². The topological polar surface area (TPSA) is 60.8 Å². The number of nitrogens with zero attached hydrogens (tertiary/aromatic N) is 4. The van der Waals surface area contributed by atoms with Crippen LogP contribution in [0.25, 0.3) is 22.2 Å². The van der Waals surface area contributed by atoms with Crippen molar-refractivity contribution in [2.45, 2.75) is 33.0 Å². The van der Waals surface area contributed by atoms with Crippen molar-refractivity contribution < 1.29 is 4.57 Å². The molecule has 0 radical (unpaired) electrons. The van der Waals surface area contributed by atoms with E-state index in [0.717, 1.165) is 16.6 Å². The van der Waals surface area contributed by atoms with Crippen LogP contribution in [0.4, 0.5) is 0 Å². The molecular weight excluding hydrogens is 352 g/mol. The highest BCUT2D eigenvalue weighted by Crippen LogP contribution is 2.25. The van der Waals surface area contributed by atoms with E-state index < -0.39 is 0 Å². The Labute approximate surface area is 161 Å². The van der Waals surface area contributed by atoms with E-state index in [1.54, 1.807) is 4.57 Å². The molecule has 0 unspecified atom stereocenters. The first kappa shape index (κ1) is 16.9. The zero-order valence-electron chi connectivity index (χ0n) is 15.9. The monoisotopic (exact) mass is 373 g/mol. The van der Waals surface area contributed by atoms with Gasteiger partial charge in [0.15, 0.2) is 5.52 Å². The molecule has 0 spiro atoms. The van der Waals surface area contributed by atoms with Gasteiger partial charge in [0.1, 0.15) is 18.1 Å². The molecule has 3 heterocycles. The van der Waals surface area contributed by atoms with Gasteiger partial charge >= 0.3 is 11.3 Å². The van der Waals surface area contributed by atoms with Gasteiger partial charge in [-0.2, -0.15) is 4.57 Å². The van der Waals surface area contributed by atoms with E-state index in [1.165, 1.54) is 4.57 Å². The van der Waals surface area contributed by atoms with Gasteiger partial charge in [0.05, 0.1) is 6.54 Å². The minimum Gasteiger partial charge on any atom is -0.266 e. The Morgan fingerprint density at radius 2 is 1.79 bits per heavy atom. The molecule has 0 bridgehead atoms. The van der Waals surface area contributed by atoms with Crippen LogP contribution < -0.4 is 15.8 Å². The van der Waals surface area contributed by atoms with Crippen molar-refractivity contribution in [1.29, 1.82) is 0 Å². The first-order valence-corrected chi connectivity index (χ1v) is 9.58. The van der Waals surface area contributed by atoms with Crippen molar-refractivity contribution >= 4 is 22.2 Å². The Morgan fingerprint density at radius 3 is 2.54 bits per heavy atom. The highest BCUT2D eigenvalue weighted by molar-refractivity contribution is 5.79. The molecule has 4 aromatic rings. The molecule has 6 nitrogen and oxygen atoms in total. The predicted molar refractivity (Wildman–Crippen MR) is 107 cm³/mol. The highest BCUT2D eigenvalue weighted by atomic mass is 16.2. The van der Waals surface area contributed by atoms with E-state index in [4.69, 9.17) is 0 Å². The third-order valence-electron chi connectivity index (χ3n) is 5.63. The van der Waals surface area contributed by atoms with Gasteiger partial charge < -0.3 is 0 Å². The lowest BCUT2D eigenvalue weighted by atomic mass is 10.0. The van der Waals surface area contributed by atoms with Gasteiger partial charge in [-0.3, -0.25) is 4.79 Å². The van der Waals surface area contributed by atoms with Crippen molar-refractivity contribution in [2.75, 3.05) is 0 Å². The Bertz CT molecular complexity index is 1340. The smallest absolute Gasteiger partial charge is 0.266 e. The number of fused-ring (bicyclic) bond motifs is 2. The third kappa shape index (κ3) is 2.34. The van der Waals surface area contributed by atoms with Gasteiger partial charge in [0.2, 0.25) is 5.52 Å². The molecule has 6 heteroatoms. The first-order valence-electron chi connectivity index (χ1n) is 9.58. The highest BCUT2D eigenvalue weighted by Gasteiger charge is 2.39. The first-order chi connectivity index (χ1) is 13.6. The van der Waals surface area contributed by atoms with E-state index in [0.29, 0.717) is 23.6 Å². The molecule has 0 aliphatic carbocycles. The molecule has 0 fully saturated rings. The van der Waals surface area contributed by atoms with E-state index in [-0.39, 0.29) is 23.8 Å². The zero-order valence-corrected chi connectivity index (χ0v) is 15.9. The fraction of sp³-hybridized carbons (Fsp3) is 0.273. The maximum absolute atomic E-state index is 13.3. The lowest BCUT2D eigenvalue weighted by Crippen LogP contribution is -2.43. The predicted octanol–water partition coefficient (Wildman–Crippen LogP) is 2.26. The molecule has 0 saturated carbocycles. The second kappa shape index (κ2) is 6.12. The Balaban J connectivity index is 1.88. The Hall–Kier alpha value is -3.28. The molecule has 1 atom stereocenters. The summed E-state index contributed by atoms with van der Waals surface area (Å²) in [5.74, 6) is 0.316. The number of hydrogen-bond donors (Lipinski definition) is 0. The summed E-state index contributed by atoms with van der Waals surface area (Å²) in [5.41, 5.74) is 3.05. The molecular formula is C22H21N4O2+. The van der Waals surface area contributed by atoms with E-state index in [9.17, 15) is 9.59 Å². The molecule has 0 saturated heterocycles. The van der Waals surface area contributed by atoms with E-state index in [2.05, 4.69) is 23.4 Å². The third-order valence-corrected chi connectivity index (χ3v) is 5.63. The fourth-order valence-corrected chi connectivity index (χ4v) is 4.20. The van der Waals surface area contributed by atoms with Gasteiger partial charge in [-0.25, -0.2) is 18.9 Å². The van der Waals surface area contributed by atoms with Crippen LogP contribution in [0.2, 0.25) is 0 Å². The van der Waals surface area contributed by atoms with Crippen LogP contribution in [-0.2, 0) is 13.1 Å². The maximum atomic E-state index is 13.3. The number of para-hydroxylation sites is 2. The van der Waals surface area contributed by atoms with Crippen molar-refractivity contribution in [3.63, 3.8) is 0 Å². The Kier molecular flexibility index (Phi) is 3.69. The second-order valence-corrected chi connectivity index (χ2v) is 7.72. The van der Waals surface area contributed by atoms with E-state index >= 15 is 0 Å². The number of benzene rings is 2. The molecule has 2 aromatic heterocycles. The minimum atomic E-state index is -0.330. The fourth-order valence-electron chi connectivity index (χ4n) is 4.20. The summed E-state index contributed by atoms with van der Waals surface area (Å²) in [6.07, 6.45) is 0. The maximum Gasteiger partial charge on any atom is 0.419 e. The average Bonchev–Trinajstić information content (AvgIpc) is 3.12.